The number of hydrogen-bond acceptors (Lipinski definition) is 7. The minimum absolute atomic E-state index is 0.169. The highest BCUT2D eigenvalue weighted by Crippen LogP contribution is 2.37. The molecule has 0 spiro atoms. The highest BCUT2D eigenvalue weighted by molar-refractivity contribution is 7.46. The van der Waals surface area contributed by atoms with E-state index in [-0.39, 0.29) is 11.8 Å². The highest BCUT2D eigenvalue weighted by atomic mass is 31.2. The van der Waals surface area contributed by atoms with Crippen molar-refractivity contribution >= 4 is 29.8 Å². The van der Waals surface area contributed by atoms with Crippen LogP contribution in [0.1, 0.15) is 17.5 Å². The van der Waals surface area contributed by atoms with Crippen LogP contribution in [0.5, 0.6) is 11.5 Å². The molecule has 35 heavy (non-hydrogen) atoms. The summed E-state index contributed by atoms with van der Waals surface area (Å²) in [7, 11) is -4.72. The van der Waals surface area contributed by atoms with Gasteiger partial charge in [0.2, 0.25) is 5.43 Å². The number of benzene rings is 3. The van der Waals surface area contributed by atoms with E-state index in [0.717, 1.165) is 11.1 Å². The van der Waals surface area contributed by atoms with Crippen LogP contribution >= 0.6 is 7.82 Å². The molecule has 0 bridgehead atoms. The summed E-state index contributed by atoms with van der Waals surface area (Å²) in [6.07, 6.45) is 0.508. The molecule has 1 heterocycles. The van der Waals surface area contributed by atoms with Gasteiger partial charge in [-0.25, -0.2) is 4.57 Å². The van der Waals surface area contributed by atoms with Gasteiger partial charge in [0.05, 0.1) is 29.5 Å². The van der Waals surface area contributed by atoms with Gasteiger partial charge in [0.15, 0.2) is 0 Å². The molecule has 9 nitrogen and oxygen atoms in total. The lowest BCUT2D eigenvalue weighted by molar-refractivity contribution is 0.102. The van der Waals surface area contributed by atoms with E-state index in [1.165, 1.54) is 0 Å². The molecular weight excluding hydrogens is 473 g/mol. The second-order valence-corrected chi connectivity index (χ2v) is 9.86. The fourth-order valence-electron chi connectivity index (χ4n) is 3.65. The molecule has 0 amide bonds. The van der Waals surface area contributed by atoms with Gasteiger partial charge in [-0.3, -0.25) is 9.32 Å². The summed E-state index contributed by atoms with van der Waals surface area (Å²) in [5.74, 6) is 1.16. The molecule has 1 aromatic heterocycles. The number of ether oxygens (including phenoxy) is 1. The summed E-state index contributed by atoms with van der Waals surface area (Å²) in [4.78, 5) is 31.1. The Hall–Kier alpha value is -3.04. The zero-order chi connectivity index (χ0) is 25.2. The van der Waals surface area contributed by atoms with Gasteiger partial charge < -0.3 is 29.8 Å². The molecule has 0 aliphatic carbocycles. The van der Waals surface area contributed by atoms with E-state index in [2.05, 4.69) is 4.52 Å². The molecule has 0 saturated carbocycles. The standard InChI is InChI=1S/C25H26NO8P/c1-16-2-5-18(6-3-16)33-19-7-9-23-21(13-19)24(28)20-12-17(4-8-22(20)34-23)10-11-25(26,14-27)15-32-35(29,30)31/h2-9,12-13,27H,10-11,14-15,26H2,1H3,(H2,29,30,31). The van der Waals surface area contributed by atoms with Crippen molar-refractivity contribution in [2.24, 2.45) is 5.73 Å². The number of aliphatic hydroxyl groups excluding tert-OH is 1. The van der Waals surface area contributed by atoms with Crippen LogP contribution < -0.4 is 15.9 Å². The van der Waals surface area contributed by atoms with Gasteiger partial charge >= 0.3 is 7.82 Å². The number of rotatable bonds is 9. The van der Waals surface area contributed by atoms with Crippen molar-refractivity contribution in [3.05, 3.63) is 82.0 Å². The smallest absolute Gasteiger partial charge is 0.457 e. The summed E-state index contributed by atoms with van der Waals surface area (Å²) in [5.41, 5.74) is 7.18. The van der Waals surface area contributed by atoms with Crippen LogP contribution in [-0.4, -0.2) is 33.6 Å². The third-order valence-electron chi connectivity index (χ3n) is 5.71. The van der Waals surface area contributed by atoms with E-state index in [4.69, 9.17) is 24.7 Å². The topological polar surface area (TPSA) is 152 Å². The largest absolute Gasteiger partial charge is 0.469 e. The molecule has 4 rings (SSSR count). The molecule has 4 aromatic rings. The molecule has 0 fully saturated rings. The lowest BCUT2D eigenvalue weighted by Crippen LogP contribution is -2.48. The van der Waals surface area contributed by atoms with E-state index < -0.39 is 26.6 Å². The monoisotopic (exact) mass is 499 g/mol. The van der Waals surface area contributed by atoms with Crippen LogP contribution in [-0.2, 0) is 15.5 Å². The lowest BCUT2D eigenvalue weighted by Gasteiger charge is -2.27. The minimum atomic E-state index is -4.72. The fraction of sp³-hybridized carbons (Fsp3) is 0.240. The molecular formula is C25H26NO8P. The van der Waals surface area contributed by atoms with Gasteiger partial charge in [-0.2, -0.15) is 0 Å². The molecule has 5 N–H and O–H groups in total. The molecule has 184 valence electrons. The minimum Gasteiger partial charge on any atom is -0.457 e. The van der Waals surface area contributed by atoms with Gasteiger partial charge in [-0.1, -0.05) is 23.8 Å². The molecule has 0 aliphatic rings. The van der Waals surface area contributed by atoms with Crippen molar-refractivity contribution < 1.29 is 33.1 Å². The maximum Gasteiger partial charge on any atom is 0.469 e. The first kappa shape index (κ1) is 25.1. The number of phosphoric acid groups is 1. The zero-order valence-corrected chi connectivity index (χ0v) is 19.9. The van der Waals surface area contributed by atoms with Crippen molar-refractivity contribution in [2.75, 3.05) is 13.2 Å². The normalized spacial score (nSPS) is 13.7. The molecule has 1 unspecified atom stereocenters. The Morgan fingerprint density at radius 2 is 1.60 bits per heavy atom. The Morgan fingerprint density at radius 3 is 2.26 bits per heavy atom. The molecule has 3 aromatic carbocycles. The van der Waals surface area contributed by atoms with Gasteiger partial charge in [0.25, 0.3) is 0 Å². The van der Waals surface area contributed by atoms with E-state index in [1.807, 2.05) is 31.2 Å². The van der Waals surface area contributed by atoms with E-state index in [0.29, 0.717) is 39.9 Å². The Bertz CT molecular complexity index is 1460. The quantitative estimate of drug-likeness (QED) is 0.199. The predicted octanol–water partition coefficient (Wildman–Crippen LogP) is 3.78. The molecule has 0 radical (unpaired) electrons. The lowest BCUT2D eigenvalue weighted by atomic mass is 9.93. The zero-order valence-electron chi connectivity index (χ0n) is 19.0. The summed E-state index contributed by atoms with van der Waals surface area (Å²) in [6, 6.07) is 17.8. The third-order valence-corrected chi connectivity index (χ3v) is 6.17. The van der Waals surface area contributed by atoms with Crippen molar-refractivity contribution in [3.8, 4) is 11.5 Å². The molecule has 10 heteroatoms. The number of nitrogens with two attached hydrogens (primary N) is 1. The molecule has 1 atom stereocenters. The average Bonchev–Trinajstić information content (AvgIpc) is 2.83. The number of fused-ring (bicyclic) bond motifs is 2. The number of phosphoric ester groups is 1. The Labute approximate surface area is 201 Å². The second-order valence-electron chi connectivity index (χ2n) is 8.62. The van der Waals surface area contributed by atoms with Crippen LogP contribution in [0.3, 0.4) is 0 Å². The first-order valence-corrected chi connectivity index (χ1v) is 12.4. The van der Waals surface area contributed by atoms with Crippen LogP contribution in [0, 0.1) is 6.92 Å². The average molecular weight is 499 g/mol. The third kappa shape index (κ3) is 6.15. The molecule has 0 aliphatic heterocycles. The van der Waals surface area contributed by atoms with Crippen LogP contribution in [0.4, 0.5) is 0 Å². The van der Waals surface area contributed by atoms with Gasteiger partial charge in [-0.05, 0) is 67.8 Å². The summed E-state index contributed by atoms with van der Waals surface area (Å²) < 4.78 is 27.3. The second kappa shape index (κ2) is 9.91. The van der Waals surface area contributed by atoms with Crippen molar-refractivity contribution in [3.63, 3.8) is 0 Å². The van der Waals surface area contributed by atoms with Gasteiger partial charge in [0.1, 0.15) is 22.7 Å². The predicted molar refractivity (Wildman–Crippen MR) is 132 cm³/mol. The van der Waals surface area contributed by atoms with Crippen molar-refractivity contribution in [2.45, 2.75) is 25.3 Å². The maximum atomic E-state index is 13.3. The van der Waals surface area contributed by atoms with E-state index in [1.54, 1.807) is 36.4 Å². The Balaban J connectivity index is 1.60. The Kier molecular flexibility index (Phi) is 7.10. The van der Waals surface area contributed by atoms with Crippen LogP contribution in [0.15, 0.2) is 69.9 Å². The SMILES string of the molecule is Cc1ccc(Oc2ccc3oc4ccc(CCC(N)(CO)COP(=O)(O)O)cc4c(=O)c3c2)cc1. The number of aliphatic hydroxyl groups is 1. The summed E-state index contributed by atoms with van der Waals surface area (Å²) >= 11 is 0. The maximum absolute atomic E-state index is 13.3. The number of aryl methyl sites for hydroxylation is 2. The molecule has 0 saturated heterocycles. The van der Waals surface area contributed by atoms with E-state index in [9.17, 15) is 14.5 Å². The van der Waals surface area contributed by atoms with Crippen molar-refractivity contribution in [1.29, 1.82) is 0 Å². The van der Waals surface area contributed by atoms with Crippen LogP contribution in [0.25, 0.3) is 21.9 Å². The fourth-order valence-corrected chi connectivity index (χ4v) is 4.07. The summed E-state index contributed by atoms with van der Waals surface area (Å²) in [6.45, 7) is 0.937. The number of hydrogen-bond donors (Lipinski definition) is 4. The first-order valence-electron chi connectivity index (χ1n) is 10.9. The van der Waals surface area contributed by atoms with Crippen molar-refractivity contribution in [1.82, 2.24) is 0 Å². The Morgan fingerprint density at radius 1 is 0.971 bits per heavy atom. The van der Waals surface area contributed by atoms with Gasteiger partial charge in [0, 0.05) is 0 Å². The van der Waals surface area contributed by atoms with Crippen LogP contribution in [0.2, 0.25) is 0 Å². The van der Waals surface area contributed by atoms with E-state index >= 15 is 0 Å². The highest BCUT2D eigenvalue weighted by Gasteiger charge is 2.28. The summed E-state index contributed by atoms with van der Waals surface area (Å²) in [5, 5.41) is 10.4. The first-order chi connectivity index (χ1) is 16.5. The van der Waals surface area contributed by atoms with Gasteiger partial charge in [-0.15, -0.1) is 0 Å².